The van der Waals surface area contributed by atoms with Gasteiger partial charge in [0.1, 0.15) is 11.3 Å². The first-order valence-electron chi connectivity index (χ1n) is 5.77. The van der Waals surface area contributed by atoms with E-state index in [4.69, 9.17) is 9.84 Å². The minimum atomic E-state index is -2.13. The summed E-state index contributed by atoms with van der Waals surface area (Å²) in [5.41, 5.74) is -0.218. The SMILES string of the molecule is CC(=O)Oc1ccccc1C(=O)OC(C(O)CO)[N+](=O)[O-]. The smallest absolute Gasteiger partial charge is 0.384 e. The van der Waals surface area contributed by atoms with Crippen LogP contribution in [0, 0.1) is 10.1 Å². The molecule has 0 spiro atoms. The second-order valence-electron chi connectivity index (χ2n) is 3.92. The van der Waals surface area contributed by atoms with Crippen LogP contribution in [0.15, 0.2) is 24.3 Å². The average Bonchev–Trinajstić information content (AvgIpc) is 2.43. The highest BCUT2D eigenvalue weighted by atomic mass is 16.7. The number of hydrogen-bond donors (Lipinski definition) is 2. The fourth-order valence-corrected chi connectivity index (χ4v) is 1.40. The lowest BCUT2D eigenvalue weighted by Gasteiger charge is -2.15. The standard InChI is InChI=1S/C12H13NO8/c1-7(15)20-10-5-3-2-4-8(10)12(17)21-11(13(18)19)9(16)6-14/h2-5,9,11,14,16H,6H2,1H3. The molecule has 2 unspecified atom stereocenters. The first kappa shape index (κ1) is 16.5. The maximum Gasteiger partial charge on any atom is 0.384 e. The molecule has 0 aliphatic heterocycles. The highest BCUT2D eigenvalue weighted by Gasteiger charge is 2.34. The van der Waals surface area contributed by atoms with Gasteiger partial charge in [-0.25, -0.2) is 4.79 Å². The van der Waals surface area contributed by atoms with Gasteiger partial charge in [-0.2, -0.15) is 0 Å². The Bertz CT molecular complexity index is 544. The number of aliphatic hydroxyl groups is 2. The molecule has 2 atom stereocenters. The number of carbonyl (C=O) groups excluding carboxylic acids is 2. The summed E-state index contributed by atoms with van der Waals surface area (Å²) >= 11 is 0. The van der Waals surface area contributed by atoms with E-state index in [-0.39, 0.29) is 11.3 Å². The van der Waals surface area contributed by atoms with Gasteiger partial charge >= 0.3 is 18.2 Å². The number of ether oxygens (including phenoxy) is 2. The van der Waals surface area contributed by atoms with Crippen LogP contribution in [0.4, 0.5) is 0 Å². The Hall–Kier alpha value is -2.52. The van der Waals surface area contributed by atoms with E-state index in [0.717, 1.165) is 6.92 Å². The monoisotopic (exact) mass is 299 g/mol. The molecule has 0 saturated carbocycles. The van der Waals surface area contributed by atoms with Gasteiger partial charge in [0.25, 0.3) is 0 Å². The van der Waals surface area contributed by atoms with E-state index in [1.54, 1.807) is 0 Å². The first-order valence-corrected chi connectivity index (χ1v) is 5.77. The summed E-state index contributed by atoms with van der Waals surface area (Å²) in [6.45, 7) is 0.169. The summed E-state index contributed by atoms with van der Waals surface area (Å²) in [6.07, 6.45) is -4.00. The summed E-state index contributed by atoms with van der Waals surface area (Å²) < 4.78 is 9.31. The maximum absolute atomic E-state index is 11.9. The Kier molecular flexibility index (Phi) is 5.76. The van der Waals surface area contributed by atoms with Crippen molar-refractivity contribution in [2.45, 2.75) is 19.3 Å². The van der Waals surface area contributed by atoms with Crippen molar-refractivity contribution in [3.63, 3.8) is 0 Å². The second-order valence-corrected chi connectivity index (χ2v) is 3.92. The fourth-order valence-electron chi connectivity index (χ4n) is 1.40. The molecular weight excluding hydrogens is 286 g/mol. The van der Waals surface area contributed by atoms with Crippen LogP contribution in [0.3, 0.4) is 0 Å². The van der Waals surface area contributed by atoms with Gasteiger partial charge in [-0.15, -0.1) is 0 Å². The number of hydrogen-bond acceptors (Lipinski definition) is 8. The third-order valence-electron chi connectivity index (χ3n) is 2.31. The zero-order valence-electron chi connectivity index (χ0n) is 11.0. The lowest BCUT2D eigenvalue weighted by molar-refractivity contribution is -0.579. The topological polar surface area (TPSA) is 136 Å². The third-order valence-corrected chi connectivity index (χ3v) is 2.31. The van der Waals surface area contributed by atoms with E-state index < -0.39 is 35.8 Å². The average molecular weight is 299 g/mol. The predicted octanol–water partition coefficient (Wildman–Crippen LogP) is -0.275. The molecule has 114 valence electrons. The fraction of sp³-hybridized carbons (Fsp3) is 0.333. The number of carbonyl (C=O) groups is 2. The molecular formula is C12H13NO8. The summed E-state index contributed by atoms with van der Waals surface area (Å²) in [5.74, 6) is -1.98. The second kappa shape index (κ2) is 7.31. The molecule has 0 amide bonds. The quantitative estimate of drug-likeness (QED) is 0.241. The number of esters is 2. The number of aliphatic hydroxyl groups excluding tert-OH is 2. The van der Waals surface area contributed by atoms with Crippen molar-refractivity contribution < 1.29 is 34.2 Å². The van der Waals surface area contributed by atoms with E-state index in [0.29, 0.717) is 0 Å². The largest absolute Gasteiger partial charge is 0.426 e. The van der Waals surface area contributed by atoms with E-state index in [1.165, 1.54) is 24.3 Å². The zero-order chi connectivity index (χ0) is 16.0. The number of nitro groups is 1. The van der Waals surface area contributed by atoms with Crippen molar-refractivity contribution in [1.29, 1.82) is 0 Å². The van der Waals surface area contributed by atoms with Crippen LogP contribution in [0.5, 0.6) is 5.75 Å². The van der Waals surface area contributed by atoms with E-state index in [2.05, 4.69) is 4.74 Å². The highest BCUT2D eigenvalue weighted by Crippen LogP contribution is 2.20. The molecule has 0 aliphatic carbocycles. The normalized spacial score (nSPS) is 13.1. The van der Waals surface area contributed by atoms with E-state index in [9.17, 15) is 24.8 Å². The molecule has 1 aromatic rings. The van der Waals surface area contributed by atoms with Gasteiger partial charge in [0.2, 0.25) is 0 Å². The molecule has 9 nitrogen and oxygen atoms in total. The van der Waals surface area contributed by atoms with Crippen LogP contribution in [-0.2, 0) is 9.53 Å². The number of benzene rings is 1. The highest BCUT2D eigenvalue weighted by molar-refractivity contribution is 5.93. The molecule has 0 aromatic heterocycles. The van der Waals surface area contributed by atoms with Crippen LogP contribution in [0.25, 0.3) is 0 Å². The minimum absolute atomic E-state index is 0.129. The van der Waals surface area contributed by atoms with Crippen LogP contribution in [-0.4, -0.2) is 46.0 Å². The Labute approximate surface area is 118 Å². The van der Waals surface area contributed by atoms with Gasteiger partial charge in [-0.1, -0.05) is 12.1 Å². The lowest BCUT2D eigenvalue weighted by atomic mass is 10.2. The predicted molar refractivity (Wildman–Crippen MR) is 67.0 cm³/mol. The Morgan fingerprint density at radius 1 is 1.38 bits per heavy atom. The van der Waals surface area contributed by atoms with Gasteiger partial charge in [0.15, 0.2) is 6.10 Å². The van der Waals surface area contributed by atoms with Gasteiger partial charge in [-0.3, -0.25) is 14.9 Å². The van der Waals surface area contributed by atoms with Crippen molar-refractivity contribution in [2.75, 3.05) is 6.61 Å². The molecule has 0 bridgehead atoms. The molecule has 1 aromatic carbocycles. The zero-order valence-corrected chi connectivity index (χ0v) is 11.0. The van der Waals surface area contributed by atoms with E-state index in [1.807, 2.05) is 0 Å². The van der Waals surface area contributed by atoms with Crippen LogP contribution in [0.1, 0.15) is 17.3 Å². The number of para-hydroxylation sites is 1. The summed E-state index contributed by atoms with van der Waals surface area (Å²) in [4.78, 5) is 32.4. The first-order chi connectivity index (χ1) is 9.86. The van der Waals surface area contributed by atoms with Crippen LogP contribution >= 0.6 is 0 Å². The molecule has 0 saturated heterocycles. The summed E-state index contributed by atoms with van der Waals surface area (Å²) in [6, 6.07) is 5.47. The number of nitrogens with zero attached hydrogens (tertiary/aromatic N) is 1. The Morgan fingerprint density at radius 3 is 2.52 bits per heavy atom. The molecule has 0 fully saturated rings. The molecule has 21 heavy (non-hydrogen) atoms. The van der Waals surface area contributed by atoms with Crippen LogP contribution in [0.2, 0.25) is 0 Å². The lowest BCUT2D eigenvalue weighted by Crippen LogP contribution is -2.40. The van der Waals surface area contributed by atoms with Gasteiger partial charge in [-0.05, 0) is 12.1 Å². The van der Waals surface area contributed by atoms with Gasteiger partial charge in [0.05, 0.1) is 11.5 Å². The van der Waals surface area contributed by atoms with Crippen molar-refractivity contribution >= 4 is 11.9 Å². The summed E-state index contributed by atoms with van der Waals surface area (Å²) in [5, 5.41) is 28.6. The van der Waals surface area contributed by atoms with Crippen molar-refractivity contribution in [3.05, 3.63) is 39.9 Å². The molecule has 0 radical (unpaired) electrons. The van der Waals surface area contributed by atoms with Crippen molar-refractivity contribution in [1.82, 2.24) is 0 Å². The summed E-state index contributed by atoms with van der Waals surface area (Å²) in [7, 11) is 0. The van der Waals surface area contributed by atoms with Crippen molar-refractivity contribution in [3.8, 4) is 5.75 Å². The Balaban J connectivity index is 2.97. The van der Waals surface area contributed by atoms with Crippen LogP contribution < -0.4 is 4.74 Å². The number of rotatable bonds is 6. The molecule has 2 N–H and O–H groups in total. The minimum Gasteiger partial charge on any atom is -0.426 e. The molecule has 0 heterocycles. The van der Waals surface area contributed by atoms with Crippen molar-refractivity contribution in [2.24, 2.45) is 0 Å². The molecule has 1 rings (SSSR count). The van der Waals surface area contributed by atoms with Gasteiger partial charge < -0.3 is 19.7 Å². The van der Waals surface area contributed by atoms with E-state index >= 15 is 0 Å². The molecule has 0 aliphatic rings. The molecule has 9 heteroatoms. The third kappa shape index (κ3) is 4.51. The maximum atomic E-state index is 11.9. The van der Waals surface area contributed by atoms with Gasteiger partial charge in [0, 0.05) is 6.92 Å². The Morgan fingerprint density at radius 2 is 2.00 bits per heavy atom.